The van der Waals surface area contributed by atoms with Crippen LogP contribution in [0.3, 0.4) is 0 Å². The Bertz CT molecular complexity index is 641. The molecular weight excluding hydrogens is 351 g/mol. The number of rotatable bonds is 3. The quantitative estimate of drug-likeness (QED) is 0.770. The lowest BCUT2D eigenvalue weighted by Gasteiger charge is -2.17. The summed E-state index contributed by atoms with van der Waals surface area (Å²) in [5, 5.41) is 0.713. The molecule has 0 bridgehead atoms. The monoisotopic (exact) mass is 370 g/mol. The van der Waals surface area contributed by atoms with Crippen molar-refractivity contribution in [1.29, 1.82) is 0 Å². The van der Waals surface area contributed by atoms with Gasteiger partial charge >= 0.3 is 0 Å². The Hall–Kier alpha value is -0.910. The maximum atomic E-state index is 12.4. The van der Waals surface area contributed by atoms with Gasteiger partial charge in [-0.2, -0.15) is 0 Å². The number of halogens is 1. The van der Waals surface area contributed by atoms with E-state index in [2.05, 4.69) is 48.3 Å². The molecule has 0 saturated heterocycles. The van der Waals surface area contributed by atoms with Gasteiger partial charge in [0, 0.05) is 10.1 Å². The van der Waals surface area contributed by atoms with Crippen LogP contribution in [0.4, 0.5) is 0 Å². The maximum absolute atomic E-state index is 12.4. The summed E-state index contributed by atoms with van der Waals surface area (Å²) in [7, 11) is 0. The first-order chi connectivity index (χ1) is 8.87. The molecule has 0 N–H and O–H groups in total. The van der Waals surface area contributed by atoms with E-state index in [1.54, 1.807) is 10.9 Å². The topological polar surface area (TPSA) is 34.9 Å². The lowest BCUT2D eigenvalue weighted by atomic mass is 9.91. The van der Waals surface area contributed by atoms with Crippen LogP contribution >= 0.6 is 22.6 Å². The van der Waals surface area contributed by atoms with E-state index in [1.807, 2.05) is 18.2 Å². The molecule has 0 amide bonds. The van der Waals surface area contributed by atoms with Crippen LogP contribution in [0, 0.1) is 8.99 Å². The fraction of sp³-hybridized carbons (Fsp3) is 0.467. The standard InChI is InChI=1S/C15H19IN2O/c1-15(2,3)7-4-8-18-10-17-13-6-5-11(16)9-12(13)14(18)19/h5-6,9-10H,4,7-8H2,1-3H3. The molecule has 4 heteroatoms. The van der Waals surface area contributed by atoms with E-state index in [0.29, 0.717) is 10.8 Å². The summed E-state index contributed by atoms with van der Waals surface area (Å²) in [6.45, 7) is 7.40. The van der Waals surface area contributed by atoms with Crippen LogP contribution in [-0.2, 0) is 6.54 Å². The van der Waals surface area contributed by atoms with E-state index in [-0.39, 0.29) is 5.56 Å². The van der Waals surface area contributed by atoms with Crippen LogP contribution < -0.4 is 5.56 Å². The van der Waals surface area contributed by atoms with Crippen LogP contribution in [-0.4, -0.2) is 9.55 Å². The summed E-state index contributed by atoms with van der Waals surface area (Å²) in [6, 6.07) is 5.78. The molecule has 2 aromatic rings. The molecule has 0 aliphatic heterocycles. The van der Waals surface area contributed by atoms with Gasteiger partial charge in [-0.05, 0) is 59.0 Å². The third kappa shape index (κ3) is 3.78. The normalized spacial score (nSPS) is 12.0. The van der Waals surface area contributed by atoms with Gasteiger partial charge in [0.15, 0.2) is 0 Å². The molecule has 0 saturated carbocycles. The fourth-order valence-corrected chi connectivity index (χ4v) is 2.56. The zero-order chi connectivity index (χ0) is 14.0. The molecule has 0 unspecified atom stereocenters. The van der Waals surface area contributed by atoms with E-state index in [0.717, 1.165) is 28.5 Å². The number of aryl methyl sites for hydroxylation is 1. The van der Waals surface area contributed by atoms with Crippen molar-refractivity contribution >= 4 is 33.5 Å². The van der Waals surface area contributed by atoms with Gasteiger partial charge in [-0.3, -0.25) is 9.36 Å². The van der Waals surface area contributed by atoms with E-state index in [1.165, 1.54) is 0 Å². The maximum Gasteiger partial charge on any atom is 0.261 e. The Labute approximate surface area is 127 Å². The summed E-state index contributed by atoms with van der Waals surface area (Å²) in [6.07, 6.45) is 3.77. The van der Waals surface area contributed by atoms with Crippen molar-refractivity contribution in [1.82, 2.24) is 9.55 Å². The van der Waals surface area contributed by atoms with Crippen LogP contribution in [0.15, 0.2) is 29.3 Å². The molecular formula is C15H19IN2O. The lowest BCUT2D eigenvalue weighted by Crippen LogP contribution is -2.21. The molecule has 19 heavy (non-hydrogen) atoms. The Balaban J connectivity index is 2.25. The van der Waals surface area contributed by atoms with E-state index in [4.69, 9.17) is 0 Å². The van der Waals surface area contributed by atoms with E-state index < -0.39 is 0 Å². The minimum Gasteiger partial charge on any atom is -0.299 e. The van der Waals surface area contributed by atoms with Gasteiger partial charge < -0.3 is 0 Å². The number of hydrogen-bond donors (Lipinski definition) is 0. The minimum atomic E-state index is 0.0671. The summed E-state index contributed by atoms with van der Waals surface area (Å²) < 4.78 is 2.79. The van der Waals surface area contributed by atoms with Crippen LogP contribution in [0.25, 0.3) is 10.9 Å². The zero-order valence-electron chi connectivity index (χ0n) is 11.6. The third-order valence-corrected chi connectivity index (χ3v) is 3.78. The first-order valence-electron chi connectivity index (χ1n) is 6.51. The van der Waals surface area contributed by atoms with Crippen molar-refractivity contribution in [3.05, 3.63) is 38.5 Å². The van der Waals surface area contributed by atoms with Crippen LogP contribution in [0.2, 0.25) is 0 Å². The summed E-state index contributed by atoms with van der Waals surface area (Å²) in [5.41, 5.74) is 1.15. The second-order valence-corrected chi connectivity index (χ2v) is 7.31. The van der Waals surface area contributed by atoms with Gasteiger partial charge in [0.1, 0.15) is 0 Å². The molecule has 1 heterocycles. The van der Waals surface area contributed by atoms with Crippen molar-refractivity contribution in [2.45, 2.75) is 40.2 Å². The molecule has 102 valence electrons. The van der Waals surface area contributed by atoms with E-state index >= 15 is 0 Å². The molecule has 0 radical (unpaired) electrons. The predicted octanol–water partition coefficient (Wildman–Crippen LogP) is 3.83. The highest BCUT2D eigenvalue weighted by Crippen LogP contribution is 2.20. The molecule has 3 nitrogen and oxygen atoms in total. The highest BCUT2D eigenvalue weighted by molar-refractivity contribution is 14.1. The molecule has 1 aromatic carbocycles. The van der Waals surface area contributed by atoms with Gasteiger partial charge in [0.25, 0.3) is 5.56 Å². The third-order valence-electron chi connectivity index (χ3n) is 3.11. The lowest BCUT2D eigenvalue weighted by molar-refractivity contribution is 0.352. The molecule has 0 fully saturated rings. The first kappa shape index (κ1) is 14.5. The molecule has 0 aliphatic carbocycles. The highest BCUT2D eigenvalue weighted by Gasteiger charge is 2.10. The average Bonchev–Trinajstić information content (AvgIpc) is 2.31. The predicted molar refractivity (Wildman–Crippen MR) is 87.4 cm³/mol. The van der Waals surface area contributed by atoms with Crippen LogP contribution in [0.5, 0.6) is 0 Å². The first-order valence-corrected chi connectivity index (χ1v) is 7.59. The Morgan fingerprint density at radius 3 is 2.74 bits per heavy atom. The Morgan fingerprint density at radius 2 is 2.05 bits per heavy atom. The van der Waals surface area contributed by atoms with E-state index in [9.17, 15) is 4.79 Å². The average molecular weight is 370 g/mol. The van der Waals surface area contributed by atoms with Gasteiger partial charge in [0.05, 0.1) is 17.2 Å². The smallest absolute Gasteiger partial charge is 0.261 e. The number of hydrogen-bond acceptors (Lipinski definition) is 2. The second kappa shape index (κ2) is 5.61. The summed E-state index contributed by atoms with van der Waals surface area (Å²) >= 11 is 2.22. The van der Waals surface area contributed by atoms with Gasteiger partial charge in [0.2, 0.25) is 0 Å². The molecule has 0 atom stereocenters. The molecule has 0 aliphatic rings. The minimum absolute atomic E-state index is 0.0671. The number of aromatic nitrogens is 2. The number of fused-ring (bicyclic) bond motifs is 1. The van der Waals surface area contributed by atoms with Crippen molar-refractivity contribution < 1.29 is 0 Å². The van der Waals surface area contributed by atoms with Gasteiger partial charge in [-0.25, -0.2) is 4.98 Å². The molecule has 2 rings (SSSR count). The second-order valence-electron chi connectivity index (χ2n) is 6.07. The van der Waals surface area contributed by atoms with Gasteiger partial charge in [-0.15, -0.1) is 0 Å². The molecule has 0 spiro atoms. The zero-order valence-corrected chi connectivity index (χ0v) is 13.8. The highest BCUT2D eigenvalue weighted by atomic mass is 127. The van der Waals surface area contributed by atoms with Crippen molar-refractivity contribution in [2.75, 3.05) is 0 Å². The van der Waals surface area contributed by atoms with Crippen molar-refractivity contribution in [3.63, 3.8) is 0 Å². The largest absolute Gasteiger partial charge is 0.299 e. The Morgan fingerprint density at radius 1 is 1.32 bits per heavy atom. The molecule has 1 aromatic heterocycles. The van der Waals surface area contributed by atoms with Crippen LogP contribution in [0.1, 0.15) is 33.6 Å². The van der Waals surface area contributed by atoms with Crippen molar-refractivity contribution in [2.24, 2.45) is 5.41 Å². The summed E-state index contributed by atoms with van der Waals surface area (Å²) in [5.74, 6) is 0. The van der Waals surface area contributed by atoms with Crippen molar-refractivity contribution in [3.8, 4) is 0 Å². The summed E-state index contributed by atoms with van der Waals surface area (Å²) in [4.78, 5) is 16.7. The number of benzene rings is 1. The number of nitrogens with zero attached hydrogens (tertiary/aromatic N) is 2. The SMILES string of the molecule is CC(C)(C)CCCn1cnc2ccc(I)cc2c1=O. The fourth-order valence-electron chi connectivity index (χ4n) is 2.07. The van der Waals surface area contributed by atoms with Gasteiger partial charge in [-0.1, -0.05) is 20.8 Å². The Kier molecular flexibility index (Phi) is 4.28.